The zero-order valence-corrected chi connectivity index (χ0v) is 17.4. The first-order valence-electron chi connectivity index (χ1n) is 9.41. The maximum Gasteiger partial charge on any atom is 0.304 e. The van der Waals surface area contributed by atoms with Crippen LogP contribution in [-0.2, 0) is 17.9 Å². The highest BCUT2D eigenvalue weighted by Gasteiger charge is 2.13. The monoisotopic (exact) mass is 408 g/mol. The number of ether oxygens (including phenoxy) is 1. The van der Waals surface area contributed by atoms with Gasteiger partial charge in [0.2, 0.25) is 0 Å². The van der Waals surface area contributed by atoms with Crippen molar-refractivity contribution in [2.24, 2.45) is 0 Å². The highest BCUT2D eigenvalue weighted by Crippen LogP contribution is 2.23. The minimum Gasteiger partial charge on any atom is -0.489 e. The molecule has 0 unspecified atom stereocenters. The molecule has 1 aromatic heterocycles. The Kier molecular flexibility index (Phi) is 7.20. The van der Waals surface area contributed by atoms with Crippen molar-refractivity contribution in [1.29, 1.82) is 0 Å². The van der Waals surface area contributed by atoms with Gasteiger partial charge in [-0.15, -0.1) is 5.92 Å². The van der Waals surface area contributed by atoms with Crippen LogP contribution in [0.4, 0.5) is 0 Å². The van der Waals surface area contributed by atoms with Crippen molar-refractivity contribution in [3.8, 4) is 17.6 Å². The summed E-state index contributed by atoms with van der Waals surface area (Å²) in [4.78, 5) is 11.0. The van der Waals surface area contributed by atoms with Crippen LogP contribution < -0.4 is 4.74 Å². The van der Waals surface area contributed by atoms with E-state index in [4.69, 9.17) is 9.84 Å². The smallest absolute Gasteiger partial charge is 0.304 e. The summed E-state index contributed by atoms with van der Waals surface area (Å²) in [6.45, 7) is 3.08. The lowest BCUT2D eigenvalue weighted by Crippen LogP contribution is -2.04. The Bertz CT molecular complexity index is 1030. The molecule has 6 heteroatoms. The quantitative estimate of drug-likeness (QED) is 0.526. The predicted octanol–water partition coefficient (Wildman–Crippen LogP) is 4.56. The summed E-state index contributed by atoms with van der Waals surface area (Å²) in [5.74, 6) is 6.38. The number of nitrogens with zero attached hydrogens (tertiary/aromatic N) is 2. The molecule has 0 radical (unpaired) electrons. The van der Waals surface area contributed by atoms with Gasteiger partial charge in [-0.2, -0.15) is 16.9 Å². The van der Waals surface area contributed by atoms with Gasteiger partial charge < -0.3 is 9.84 Å². The number of rotatable bonds is 9. The van der Waals surface area contributed by atoms with E-state index in [0.717, 1.165) is 40.1 Å². The van der Waals surface area contributed by atoms with Crippen molar-refractivity contribution in [3.05, 3.63) is 59.8 Å². The van der Waals surface area contributed by atoms with E-state index in [0.29, 0.717) is 6.61 Å². The zero-order chi connectivity index (χ0) is 20.6. The zero-order valence-electron chi connectivity index (χ0n) is 16.6. The number of benzene rings is 2. The minimum absolute atomic E-state index is 0.00825. The van der Waals surface area contributed by atoms with Gasteiger partial charge in [0.05, 0.1) is 30.6 Å². The Hall–Kier alpha value is -2.91. The number of aromatic nitrogens is 2. The molecule has 0 aliphatic carbocycles. The Morgan fingerprint density at radius 3 is 2.76 bits per heavy atom. The Balaban J connectivity index is 1.65. The van der Waals surface area contributed by atoms with Gasteiger partial charge in [0.1, 0.15) is 12.4 Å². The average molecular weight is 409 g/mol. The van der Waals surface area contributed by atoms with E-state index in [9.17, 15) is 4.79 Å². The van der Waals surface area contributed by atoms with E-state index in [1.807, 2.05) is 46.9 Å². The third-order valence-electron chi connectivity index (χ3n) is 4.60. The topological polar surface area (TPSA) is 64.3 Å². The fraction of sp³-hybridized carbons (Fsp3) is 0.304. The summed E-state index contributed by atoms with van der Waals surface area (Å²) in [6, 6.07) is 13.7. The second-order valence-electron chi connectivity index (χ2n) is 6.66. The van der Waals surface area contributed by atoms with Crippen molar-refractivity contribution in [2.75, 3.05) is 12.0 Å². The second-order valence-corrected chi connectivity index (χ2v) is 7.64. The van der Waals surface area contributed by atoms with E-state index in [1.165, 1.54) is 0 Å². The number of fused-ring (bicyclic) bond motifs is 1. The van der Waals surface area contributed by atoms with Gasteiger partial charge in [-0.1, -0.05) is 24.1 Å². The van der Waals surface area contributed by atoms with Crippen molar-refractivity contribution >= 4 is 28.6 Å². The number of aliphatic carboxylic acids is 1. The lowest BCUT2D eigenvalue weighted by molar-refractivity contribution is -0.137. The van der Waals surface area contributed by atoms with E-state index in [-0.39, 0.29) is 12.3 Å². The molecular weight excluding hydrogens is 384 g/mol. The highest BCUT2D eigenvalue weighted by molar-refractivity contribution is 7.98. The molecule has 5 nitrogen and oxygen atoms in total. The first kappa shape index (κ1) is 20.8. The molecule has 2 aromatic carbocycles. The molecule has 3 rings (SSSR count). The molecule has 1 atom stereocenters. The summed E-state index contributed by atoms with van der Waals surface area (Å²) in [5, 5.41) is 14.6. The van der Waals surface area contributed by atoms with Crippen molar-refractivity contribution in [3.63, 3.8) is 0 Å². The second kappa shape index (κ2) is 10.0. The predicted molar refractivity (Wildman–Crippen MR) is 117 cm³/mol. The molecule has 0 bridgehead atoms. The molecule has 0 saturated heterocycles. The Labute approximate surface area is 175 Å². The lowest BCUT2D eigenvalue weighted by atomic mass is 9.96. The Morgan fingerprint density at radius 1 is 1.28 bits per heavy atom. The van der Waals surface area contributed by atoms with Crippen LogP contribution in [0, 0.1) is 11.8 Å². The van der Waals surface area contributed by atoms with Crippen LogP contribution in [0.15, 0.2) is 48.7 Å². The number of aryl methyl sites for hydroxylation is 1. The maximum absolute atomic E-state index is 11.0. The van der Waals surface area contributed by atoms with Gasteiger partial charge in [-0.25, -0.2) is 0 Å². The van der Waals surface area contributed by atoms with Crippen molar-refractivity contribution in [2.45, 2.75) is 32.4 Å². The molecular formula is C23H24N2O3S. The van der Waals surface area contributed by atoms with Crippen LogP contribution in [0.25, 0.3) is 10.9 Å². The van der Waals surface area contributed by atoms with Gasteiger partial charge in [0, 0.05) is 11.1 Å². The minimum atomic E-state index is -0.856. The standard InChI is InChI=1S/C23H24N2O3S/c1-3-4-19(14-23(26)27)18-6-8-21(9-7-18)28-16-17-5-10-22-20(13-17)15-24-25(22)11-12-29-2/h5-10,13,15,19H,11-12,14,16H2,1-2H3,(H,26,27)/t19-/m0/s1. The molecule has 0 spiro atoms. The number of hydrogen-bond acceptors (Lipinski definition) is 4. The molecule has 0 amide bonds. The number of thioether (sulfide) groups is 1. The Morgan fingerprint density at radius 2 is 2.07 bits per heavy atom. The average Bonchev–Trinajstić information content (AvgIpc) is 3.12. The van der Waals surface area contributed by atoms with E-state index in [2.05, 4.69) is 41.4 Å². The van der Waals surface area contributed by atoms with Crippen LogP contribution in [0.5, 0.6) is 5.75 Å². The molecule has 150 valence electrons. The summed E-state index contributed by atoms with van der Waals surface area (Å²) in [5.41, 5.74) is 3.09. The molecule has 1 N–H and O–H groups in total. The lowest BCUT2D eigenvalue weighted by Gasteiger charge is -2.11. The van der Waals surface area contributed by atoms with Gasteiger partial charge in [0.15, 0.2) is 0 Å². The van der Waals surface area contributed by atoms with Crippen LogP contribution in [-0.4, -0.2) is 32.9 Å². The van der Waals surface area contributed by atoms with Crippen LogP contribution >= 0.6 is 11.8 Å². The molecule has 0 aliphatic heterocycles. The third kappa shape index (κ3) is 5.55. The number of carbonyl (C=O) groups is 1. The maximum atomic E-state index is 11.0. The van der Waals surface area contributed by atoms with Crippen LogP contribution in [0.3, 0.4) is 0 Å². The first-order valence-corrected chi connectivity index (χ1v) is 10.8. The van der Waals surface area contributed by atoms with E-state index >= 15 is 0 Å². The molecule has 3 aromatic rings. The van der Waals surface area contributed by atoms with Crippen LogP contribution in [0.2, 0.25) is 0 Å². The van der Waals surface area contributed by atoms with Crippen molar-refractivity contribution in [1.82, 2.24) is 9.78 Å². The van der Waals surface area contributed by atoms with Gasteiger partial charge >= 0.3 is 5.97 Å². The summed E-state index contributed by atoms with van der Waals surface area (Å²) in [6.07, 6.45) is 3.98. The highest BCUT2D eigenvalue weighted by atomic mass is 32.2. The SMILES string of the molecule is CC#C[C@@H](CC(=O)O)c1ccc(OCc2ccc3c(cnn3CCSC)c2)cc1. The van der Waals surface area contributed by atoms with Gasteiger partial charge in [0.25, 0.3) is 0 Å². The molecule has 29 heavy (non-hydrogen) atoms. The molecule has 0 saturated carbocycles. The number of hydrogen-bond donors (Lipinski definition) is 1. The summed E-state index contributed by atoms with van der Waals surface area (Å²) < 4.78 is 7.94. The normalized spacial score (nSPS) is 11.7. The first-order chi connectivity index (χ1) is 14.1. The molecule has 1 heterocycles. The fourth-order valence-electron chi connectivity index (χ4n) is 3.15. The van der Waals surface area contributed by atoms with E-state index < -0.39 is 5.97 Å². The summed E-state index contributed by atoms with van der Waals surface area (Å²) >= 11 is 1.81. The van der Waals surface area contributed by atoms with Gasteiger partial charge in [-0.05, 0) is 48.6 Å². The molecule has 0 aliphatic rings. The summed E-state index contributed by atoms with van der Waals surface area (Å²) in [7, 11) is 0. The largest absolute Gasteiger partial charge is 0.489 e. The van der Waals surface area contributed by atoms with E-state index in [1.54, 1.807) is 6.92 Å². The van der Waals surface area contributed by atoms with Crippen molar-refractivity contribution < 1.29 is 14.6 Å². The van der Waals surface area contributed by atoms with Crippen LogP contribution in [0.1, 0.15) is 30.4 Å². The third-order valence-corrected chi connectivity index (χ3v) is 5.19. The number of carboxylic acids is 1. The number of carboxylic acid groups (broad SMARTS) is 1. The molecule has 0 fully saturated rings. The van der Waals surface area contributed by atoms with Gasteiger partial charge in [-0.3, -0.25) is 9.48 Å². The fourth-order valence-corrected chi connectivity index (χ4v) is 3.50.